The molecule has 1 aromatic heterocycles. The number of aromatic nitrogens is 2. The number of piperidine rings is 3. The predicted octanol–water partition coefficient (Wildman–Crippen LogP) is 1.56. The van der Waals surface area contributed by atoms with Gasteiger partial charge in [0.2, 0.25) is 5.82 Å². The van der Waals surface area contributed by atoms with E-state index in [1.54, 1.807) is 0 Å². The van der Waals surface area contributed by atoms with Crippen LogP contribution in [0.4, 0.5) is 0 Å². The molecule has 2 bridgehead atoms. The van der Waals surface area contributed by atoms with Crippen LogP contribution < -0.4 is 5.32 Å². The Morgan fingerprint density at radius 3 is 2.68 bits per heavy atom. The lowest BCUT2D eigenvalue weighted by Gasteiger charge is -2.44. The van der Waals surface area contributed by atoms with Gasteiger partial charge in [0.15, 0.2) is 0 Å². The van der Waals surface area contributed by atoms with Gasteiger partial charge in [-0.15, -0.1) is 0 Å². The van der Waals surface area contributed by atoms with Crippen molar-refractivity contribution < 1.29 is 9.32 Å². The Morgan fingerprint density at radius 2 is 2.00 bits per heavy atom. The Kier molecular flexibility index (Phi) is 3.38. The van der Waals surface area contributed by atoms with Crippen molar-refractivity contribution in [1.29, 1.82) is 0 Å². The van der Waals surface area contributed by atoms with Crippen molar-refractivity contribution in [3.05, 3.63) is 36.2 Å². The summed E-state index contributed by atoms with van der Waals surface area (Å²) in [6, 6.07) is 9.70. The fourth-order valence-electron chi connectivity index (χ4n) is 3.38. The van der Waals surface area contributed by atoms with Crippen LogP contribution in [-0.2, 0) is 0 Å². The molecule has 1 amide bonds. The Hall–Kier alpha value is -2.21. The van der Waals surface area contributed by atoms with Gasteiger partial charge in [0.1, 0.15) is 0 Å². The number of hydrogen-bond donors (Lipinski definition) is 1. The summed E-state index contributed by atoms with van der Waals surface area (Å²) in [5.41, 5.74) is 0.841. The van der Waals surface area contributed by atoms with Crippen molar-refractivity contribution in [2.45, 2.75) is 18.9 Å². The highest BCUT2D eigenvalue weighted by Crippen LogP contribution is 2.27. The molecule has 3 aliphatic rings. The third kappa shape index (κ3) is 2.50. The van der Waals surface area contributed by atoms with Crippen LogP contribution in [0.15, 0.2) is 34.9 Å². The van der Waals surface area contributed by atoms with E-state index in [4.69, 9.17) is 4.52 Å². The number of nitrogens with zero attached hydrogens (tertiary/aromatic N) is 3. The molecule has 1 N–H and O–H groups in total. The van der Waals surface area contributed by atoms with Gasteiger partial charge in [-0.1, -0.05) is 35.5 Å². The van der Waals surface area contributed by atoms with Crippen molar-refractivity contribution in [3.63, 3.8) is 0 Å². The lowest BCUT2D eigenvalue weighted by Crippen LogP contribution is -2.57. The number of nitrogens with one attached hydrogen (secondary N) is 1. The second-order valence-electron chi connectivity index (χ2n) is 6.01. The molecule has 4 heterocycles. The molecule has 0 saturated carbocycles. The van der Waals surface area contributed by atoms with Crippen molar-refractivity contribution in [3.8, 4) is 11.4 Å². The van der Waals surface area contributed by atoms with E-state index in [-0.39, 0.29) is 17.8 Å². The Morgan fingerprint density at radius 1 is 1.23 bits per heavy atom. The number of benzene rings is 1. The maximum Gasteiger partial charge on any atom is 0.316 e. The first-order valence-electron chi connectivity index (χ1n) is 7.72. The van der Waals surface area contributed by atoms with E-state index < -0.39 is 0 Å². The highest BCUT2D eigenvalue weighted by Gasteiger charge is 2.35. The predicted molar refractivity (Wildman–Crippen MR) is 80.2 cm³/mol. The van der Waals surface area contributed by atoms with Crippen LogP contribution in [0.5, 0.6) is 0 Å². The van der Waals surface area contributed by atoms with E-state index in [2.05, 4.69) is 20.4 Å². The molecule has 5 rings (SSSR count). The first-order valence-corrected chi connectivity index (χ1v) is 7.72. The normalized spacial score (nSPS) is 26.8. The summed E-state index contributed by atoms with van der Waals surface area (Å²) < 4.78 is 5.12. The third-order valence-corrected chi connectivity index (χ3v) is 4.62. The van der Waals surface area contributed by atoms with E-state index in [0.717, 1.165) is 38.0 Å². The van der Waals surface area contributed by atoms with Gasteiger partial charge >= 0.3 is 11.8 Å². The molecule has 6 heteroatoms. The van der Waals surface area contributed by atoms with E-state index in [0.29, 0.717) is 11.7 Å². The second kappa shape index (κ2) is 5.53. The summed E-state index contributed by atoms with van der Waals surface area (Å²) in [6.07, 6.45) is 2.31. The van der Waals surface area contributed by atoms with Gasteiger partial charge < -0.3 is 14.7 Å². The Balaban J connectivity index is 1.46. The number of rotatable bonds is 3. The average Bonchev–Trinajstić information content (AvgIpc) is 3.07. The fraction of sp³-hybridized carbons (Fsp3) is 0.438. The summed E-state index contributed by atoms with van der Waals surface area (Å²) in [5, 5.41) is 6.95. The van der Waals surface area contributed by atoms with E-state index in [1.165, 1.54) is 0 Å². The van der Waals surface area contributed by atoms with Crippen LogP contribution in [0.25, 0.3) is 11.4 Å². The lowest BCUT2D eigenvalue weighted by atomic mass is 9.84. The van der Waals surface area contributed by atoms with E-state index in [1.807, 2.05) is 30.3 Å². The molecule has 2 aromatic rings. The molecule has 3 aliphatic heterocycles. The fourth-order valence-corrected chi connectivity index (χ4v) is 3.38. The number of amides is 1. The van der Waals surface area contributed by atoms with Crippen LogP contribution in [0, 0.1) is 5.92 Å². The van der Waals surface area contributed by atoms with E-state index in [9.17, 15) is 4.79 Å². The molecule has 3 saturated heterocycles. The molecule has 0 radical (unpaired) electrons. The zero-order valence-corrected chi connectivity index (χ0v) is 12.2. The number of fused-ring (bicyclic) bond motifs is 3. The Labute approximate surface area is 128 Å². The molecule has 114 valence electrons. The quantitative estimate of drug-likeness (QED) is 0.931. The first-order chi connectivity index (χ1) is 10.8. The van der Waals surface area contributed by atoms with Crippen molar-refractivity contribution in [2.75, 3.05) is 19.6 Å². The van der Waals surface area contributed by atoms with Crippen molar-refractivity contribution in [1.82, 2.24) is 20.4 Å². The van der Waals surface area contributed by atoms with Gasteiger partial charge in [-0.05, 0) is 31.8 Å². The molecular weight excluding hydrogens is 280 g/mol. The summed E-state index contributed by atoms with van der Waals surface area (Å²) in [5.74, 6) is 0.786. The van der Waals surface area contributed by atoms with Gasteiger partial charge in [0.05, 0.1) is 0 Å². The minimum Gasteiger partial charge on any atom is -0.344 e. The zero-order valence-electron chi connectivity index (χ0n) is 12.2. The molecule has 1 unspecified atom stereocenters. The SMILES string of the molecule is O=C(NC1CN2CCC1CC2)c1nc(-c2ccccc2)no1. The van der Waals surface area contributed by atoms with Crippen molar-refractivity contribution in [2.24, 2.45) is 5.92 Å². The number of carbonyl (C=O) groups excluding carboxylic acids is 1. The molecule has 1 atom stereocenters. The smallest absolute Gasteiger partial charge is 0.316 e. The molecule has 6 nitrogen and oxygen atoms in total. The zero-order chi connectivity index (χ0) is 14.9. The largest absolute Gasteiger partial charge is 0.344 e. The second-order valence-corrected chi connectivity index (χ2v) is 6.01. The molecule has 3 fully saturated rings. The first kappa shape index (κ1) is 13.5. The Bertz CT molecular complexity index is 662. The maximum atomic E-state index is 12.3. The highest BCUT2D eigenvalue weighted by molar-refractivity contribution is 5.90. The van der Waals surface area contributed by atoms with Crippen LogP contribution in [0.1, 0.15) is 23.5 Å². The number of carbonyl (C=O) groups is 1. The lowest BCUT2D eigenvalue weighted by molar-refractivity contribution is 0.0597. The molecule has 0 aliphatic carbocycles. The topological polar surface area (TPSA) is 71.3 Å². The monoisotopic (exact) mass is 298 g/mol. The number of hydrogen-bond acceptors (Lipinski definition) is 5. The highest BCUT2D eigenvalue weighted by atomic mass is 16.5. The summed E-state index contributed by atoms with van der Waals surface area (Å²) in [7, 11) is 0. The minimum absolute atomic E-state index is 0.0373. The summed E-state index contributed by atoms with van der Waals surface area (Å²) in [4.78, 5) is 18.9. The van der Waals surface area contributed by atoms with Gasteiger partial charge in [0, 0.05) is 18.2 Å². The maximum absolute atomic E-state index is 12.3. The van der Waals surface area contributed by atoms with Gasteiger partial charge in [-0.3, -0.25) is 4.79 Å². The van der Waals surface area contributed by atoms with Crippen molar-refractivity contribution >= 4 is 5.91 Å². The standard InChI is InChI=1S/C16H18N4O2/c21-15(17-13-10-20-8-6-11(13)7-9-20)16-18-14(19-22-16)12-4-2-1-3-5-12/h1-5,11,13H,6-10H2,(H,17,21). The summed E-state index contributed by atoms with van der Waals surface area (Å²) in [6.45, 7) is 3.22. The van der Waals surface area contributed by atoms with Crippen LogP contribution in [0.3, 0.4) is 0 Å². The minimum atomic E-state index is -0.270. The molecule has 22 heavy (non-hydrogen) atoms. The molecule has 0 spiro atoms. The third-order valence-electron chi connectivity index (χ3n) is 4.62. The van der Waals surface area contributed by atoms with Gasteiger partial charge in [-0.25, -0.2) is 0 Å². The summed E-state index contributed by atoms with van der Waals surface area (Å²) >= 11 is 0. The van der Waals surface area contributed by atoms with Crippen LogP contribution in [-0.4, -0.2) is 46.6 Å². The van der Waals surface area contributed by atoms with Gasteiger partial charge in [0.25, 0.3) is 0 Å². The average molecular weight is 298 g/mol. The molecule has 1 aromatic carbocycles. The van der Waals surface area contributed by atoms with Crippen LogP contribution >= 0.6 is 0 Å². The van der Waals surface area contributed by atoms with Gasteiger partial charge in [-0.2, -0.15) is 4.98 Å². The molecular formula is C16H18N4O2. The van der Waals surface area contributed by atoms with Crippen LogP contribution in [0.2, 0.25) is 0 Å². The van der Waals surface area contributed by atoms with E-state index >= 15 is 0 Å².